The molecule has 9 nitrogen and oxygen atoms in total. The number of carboxylic acid groups (broad SMARTS) is 1. The van der Waals surface area contributed by atoms with Gasteiger partial charge in [0.15, 0.2) is 0 Å². The number of anilines is 1. The molecule has 0 bridgehead atoms. The Morgan fingerprint density at radius 1 is 1.06 bits per heavy atom. The average molecular weight is 438 g/mol. The van der Waals surface area contributed by atoms with Crippen LogP contribution in [0.2, 0.25) is 0 Å². The molecule has 32 heavy (non-hydrogen) atoms. The van der Waals surface area contributed by atoms with Crippen LogP contribution in [-0.4, -0.2) is 44.8 Å². The van der Waals surface area contributed by atoms with Crippen LogP contribution >= 0.6 is 0 Å². The topological polar surface area (TPSA) is 147 Å². The van der Waals surface area contributed by atoms with E-state index in [0.29, 0.717) is 27.8 Å². The number of carbonyl (C=O) groups is 2. The summed E-state index contributed by atoms with van der Waals surface area (Å²) in [6, 6.07) is 12.1. The maximum atomic E-state index is 14.1. The summed E-state index contributed by atoms with van der Waals surface area (Å²) in [4.78, 5) is 40.8. The van der Waals surface area contributed by atoms with Gasteiger partial charge in [-0.15, -0.1) is 0 Å². The summed E-state index contributed by atoms with van der Waals surface area (Å²) in [6.45, 7) is -0.214. The fraction of sp³-hybridized carbons (Fsp3) is 0.136. The highest BCUT2D eigenvalue weighted by Crippen LogP contribution is 2.26. The van der Waals surface area contributed by atoms with Gasteiger partial charge in [0, 0.05) is 28.5 Å². The van der Waals surface area contributed by atoms with Crippen molar-refractivity contribution in [3.8, 4) is 11.3 Å². The Balaban J connectivity index is 1.55. The summed E-state index contributed by atoms with van der Waals surface area (Å²) in [7, 11) is 0. The van der Waals surface area contributed by atoms with Crippen LogP contribution in [0.25, 0.3) is 33.1 Å². The third-order valence-corrected chi connectivity index (χ3v) is 4.91. The standard InChI is InChI=1S/C22H19FN4O5/c23-16-2-1-3-17-14(16)9-15(21(31)27-17)19-6-11-4-5-12(7-18(11)26-19)25-22(32)24-10-13(28)8-20(29)30/h1-7,9,13,26,28H,8,10H2,(H,27,31)(H,29,30)(H2,24,25,32). The van der Waals surface area contributed by atoms with Crippen molar-refractivity contribution in [1.29, 1.82) is 0 Å². The zero-order valence-corrected chi connectivity index (χ0v) is 16.6. The second-order valence-electron chi connectivity index (χ2n) is 7.28. The molecule has 0 saturated carbocycles. The van der Waals surface area contributed by atoms with E-state index >= 15 is 0 Å². The second-order valence-corrected chi connectivity index (χ2v) is 7.28. The Bertz CT molecular complexity index is 1390. The smallest absolute Gasteiger partial charge is 0.319 e. The molecule has 164 valence electrons. The van der Waals surface area contributed by atoms with E-state index in [4.69, 9.17) is 5.11 Å². The molecule has 2 heterocycles. The van der Waals surface area contributed by atoms with Crippen molar-refractivity contribution >= 4 is 39.5 Å². The number of carbonyl (C=O) groups excluding carboxylic acids is 1. The Morgan fingerprint density at radius 2 is 1.88 bits per heavy atom. The van der Waals surface area contributed by atoms with Gasteiger partial charge in [-0.1, -0.05) is 12.1 Å². The van der Waals surface area contributed by atoms with Gasteiger partial charge in [0.2, 0.25) is 0 Å². The van der Waals surface area contributed by atoms with Crippen molar-refractivity contribution in [3.05, 3.63) is 64.7 Å². The molecule has 10 heteroatoms. The number of aliphatic hydroxyl groups excluding tert-OH is 1. The number of H-pyrrole nitrogens is 2. The summed E-state index contributed by atoms with van der Waals surface area (Å²) in [5.41, 5.74) is 1.88. The zero-order valence-electron chi connectivity index (χ0n) is 16.6. The minimum atomic E-state index is -1.20. The summed E-state index contributed by atoms with van der Waals surface area (Å²) in [5, 5.41) is 24.2. The van der Waals surface area contributed by atoms with E-state index in [0.717, 1.165) is 5.39 Å². The van der Waals surface area contributed by atoms with Crippen LogP contribution in [0, 0.1) is 5.82 Å². The predicted molar refractivity (Wildman–Crippen MR) is 117 cm³/mol. The minimum absolute atomic E-state index is 0.214. The van der Waals surface area contributed by atoms with Gasteiger partial charge in [-0.3, -0.25) is 9.59 Å². The van der Waals surface area contributed by atoms with E-state index in [-0.39, 0.29) is 17.7 Å². The molecular formula is C22H19FN4O5. The van der Waals surface area contributed by atoms with E-state index in [9.17, 15) is 23.9 Å². The monoisotopic (exact) mass is 438 g/mol. The first kappa shape index (κ1) is 21.1. The van der Waals surface area contributed by atoms with Crippen LogP contribution in [0.1, 0.15) is 6.42 Å². The molecule has 0 aliphatic heterocycles. The first-order chi connectivity index (χ1) is 15.3. The Hall–Kier alpha value is -4.18. The van der Waals surface area contributed by atoms with E-state index in [2.05, 4.69) is 20.6 Å². The zero-order chi connectivity index (χ0) is 22.8. The van der Waals surface area contributed by atoms with Crippen molar-refractivity contribution in [1.82, 2.24) is 15.3 Å². The molecule has 4 aromatic rings. The molecule has 1 unspecified atom stereocenters. The van der Waals surface area contributed by atoms with Crippen LogP contribution in [-0.2, 0) is 4.79 Å². The normalized spacial score (nSPS) is 12.1. The first-order valence-electron chi connectivity index (χ1n) is 9.69. The number of carboxylic acids is 1. The van der Waals surface area contributed by atoms with Crippen molar-refractivity contribution in [3.63, 3.8) is 0 Å². The first-order valence-corrected chi connectivity index (χ1v) is 9.69. The summed E-state index contributed by atoms with van der Waals surface area (Å²) >= 11 is 0. The van der Waals surface area contributed by atoms with Gasteiger partial charge in [0.1, 0.15) is 5.82 Å². The maximum absolute atomic E-state index is 14.1. The average Bonchev–Trinajstić information content (AvgIpc) is 3.14. The van der Waals surface area contributed by atoms with Crippen molar-refractivity contribution < 1.29 is 24.2 Å². The number of pyridine rings is 1. The molecule has 0 spiro atoms. The fourth-order valence-electron chi connectivity index (χ4n) is 3.40. The lowest BCUT2D eigenvalue weighted by molar-refractivity contribution is -0.139. The molecular weight excluding hydrogens is 419 g/mol. The summed E-state index contributed by atoms with van der Waals surface area (Å²) in [5.74, 6) is -1.61. The van der Waals surface area contributed by atoms with E-state index in [1.54, 1.807) is 30.3 Å². The molecule has 4 rings (SSSR count). The van der Waals surface area contributed by atoms with Crippen LogP contribution in [0.3, 0.4) is 0 Å². The molecule has 2 aromatic heterocycles. The molecule has 0 saturated heterocycles. The number of aliphatic carboxylic acids is 1. The Labute approximate surface area is 179 Å². The highest BCUT2D eigenvalue weighted by molar-refractivity contribution is 5.94. The maximum Gasteiger partial charge on any atom is 0.319 e. The number of amides is 2. The molecule has 0 aliphatic rings. The van der Waals surface area contributed by atoms with Gasteiger partial charge in [-0.05, 0) is 36.4 Å². The summed E-state index contributed by atoms with van der Waals surface area (Å²) < 4.78 is 14.1. The van der Waals surface area contributed by atoms with E-state index < -0.39 is 30.3 Å². The third-order valence-electron chi connectivity index (χ3n) is 4.91. The van der Waals surface area contributed by atoms with Crippen molar-refractivity contribution in [2.75, 3.05) is 11.9 Å². The number of aliphatic hydroxyl groups is 1. The van der Waals surface area contributed by atoms with Crippen molar-refractivity contribution in [2.45, 2.75) is 12.5 Å². The number of aromatic nitrogens is 2. The largest absolute Gasteiger partial charge is 0.481 e. The number of hydrogen-bond acceptors (Lipinski definition) is 4. The van der Waals surface area contributed by atoms with Crippen LogP contribution in [0.15, 0.2) is 53.3 Å². The highest BCUT2D eigenvalue weighted by Gasteiger charge is 2.13. The molecule has 0 aliphatic carbocycles. The number of urea groups is 1. The van der Waals surface area contributed by atoms with E-state index in [1.807, 2.05) is 0 Å². The fourth-order valence-corrected chi connectivity index (χ4v) is 3.40. The number of fused-ring (bicyclic) bond motifs is 2. The number of nitrogens with one attached hydrogen (secondary N) is 4. The third kappa shape index (κ3) is 4.44. The lowest BCUT2D eigenvalue weighted by atomic mass is 10.1. The van der Waals surface area contributed by atoms with Gasteiger partial charge in [-0.2, -0.15) is 0 Å². The number of benzene rings is 2. The van der Waals surface area contributed by atoms with E-state index in [1.165, 1.54) is 18.2 Å². The van der Waals surface area contributed by atoms with Crippen LogP contribution < -0.4 is 16.2 Å². The second kappa shape index (κ2) is 8.52. The van der Waals surface area contributed by atoms with Crippen molar-refractivity contribution in [2.24, 2.45) is 0 Å². The minimum Gasteiger partial charge on any atom is -0.481 e. The molecule has 6 N–H and O–H groups in total. The lowest BCUT2D eigenvalue weighted by Crippen LogP contribution is -2.36. The molecule has 0 radical (unpaired) electrons. The Kier molecular flexibility index (Phi) is 5.61. The number of rotatable bonds is 6. The van der Waals surface area contributed by atoms with Gasteiger partial charge >= 0.3 is 12.0 Å². The number of hydrogen-bond donors (Lipinski definition) is 6. The van der Waals surface area contributed by atoms with Gasteiger partial charge in [0.25, 0.3) is 5.56 Å². The molecule has 2 aromatic carbocycles. The Morgan fingerprint density at radius 3 is 2.66 bits per heavy atom. The SMILES string of the molecule is O=C(O)CC(O)CNC(=O)Nc1ccc2cc(-c3cc4c(F)cccc4[nH]c3=O)[nH]c2c1. The summed E-state index contributed by atoms with van der Waals surface area (Å²) in [6.07, 6.45) is -1.67. The number of aromatic amines is 2. The van der Waals surface area contributed by atoms with Gasteiger partial charge in [0.05, 0.1) is 29.3 Å². The van der Waals surface area contributed by atoms with Crippen LogP contribution in [0.4, 0.5) is 14.9 Å². The molecule has 0 fully saturated rings. The van der Waals surface area contributed by atoms with Gasteiger partial charge < -0.3 is 30.8 Å². The lowest BCUT2D eigenvalue weighted by Gasteiger charge is -2.11. The highest BCUT2D eigenvalue weighted by atomic mass is 19.1. The van der Waals surface area contributed by atoms with Crippen LogP contribution in [0.5, 0.6) is 0 Å². The molecule has 1 atom stereocenters. The quantitative estimate of drug-likeness (QED) is 0.274. The van der Waals surface area contributed by atoms with Gasteiger partial charge in [-0.25, -0.2) is 9.18 Å². The predicted octanol–water partition coefficient (Wildman–Crippen LogP) is 2.77. The number of halogens is 1. The molecule has 2 amide bonds.